The smallest absolute Gasteiger partial charge is 0.243 e. The van der Waals surface area contributed by atoms with Gasteiger partial charge in [0.05, 0.1) is 6.61 Å². The molecule has 1 N–H and O–H groups in total. The summed E-state index contributed by atoms with van der Waals surface area (Å²) in [5.74, 6) is 0.539. The zero-order valence-electron chi connectivity index (χ0n) is 8.90. The third-order valence-electron chi connectivity index (χ3n) is 1.51. The third kappa shape index (κ3) is 4.65. The Balaban J connectivity index is 2.42. The third-order valence-corrected chi connectivity index (χ3v) is 3.65. The molecule has 90 valence electrons. The molecule has 0 aliphatic heterocycles. The fourth-order valence-corrected chi connectivity index (χ4v) is 2.52. The molecule has 8 heteroatoms. The van der Waals surface area contributed by atoms with E-state index in [4.69, 9.17) is 16.3 Å². The van der Waals surface area contributed by atoms with E-state index in [0.29, 0.717) is 11.7 Å². The molecule has 0 spiro atoms. The van der Waals surface area contributed by atoms with Crippen LogP contribution in [0.3, 0.4) is 0 Å². The minimum absolute atomic E-state index is 0.272. The number of aromatic nitrogens is 2. The van der Waals surface area contributed by atoms with Gasteiger partial charge in [-0.2, -0.15) is 0 Å². The van der Waals surface area contributed by atoms with Gasteiger partial charge in [-0.25, -0.2) is 0 Å². The molecule has 1 atom stereocenters. The lowest BCUT2D eigenvalue weighted by Gasteiger charge is -2.00. The largest absolute Gasteiger partial charge is 0.384 e. The number of ether oxygens (including phenoxy) is 1. The summed E-state index contributed by atoms with van der Waals surface area (Å²) in [6.45, 7) is 2.26. The second-order valence-corrected chi connectivity index (χ2v) is 5.79. The van der Waals surface area contributed by atoms with E-state index in [1.54, 1.807) is 14.0 Å². The predicted octanol–water partition coefficient (Wildman–Crippen LogP) is 1.84. The Kier molecular flexibility index (Phi) is 6.04. The first-order chi connectivity index (χ1) is 7.63. The molecule has 1 heterocycles. The topological polar surface area (TPSA) is 64.1 Å². The van der Waals surface area contributed by atoms with Crippen molar-refractivity contribution >= 4 is 45.7 Å². The molecule has 1 unspecified atom stereocenters. The standard InChI is InChI=1S/C8H12ClN3O2S2/c1-5(9)6(13)10-7-11-12-8(16-7)15-4-3-14-2/h5H,3-4H2,1-2H3,(H,10,11,13). The van der Waals surface area contributed by atoms with Gasteiger partial charge in [-0.05, 0) is 6.92 Å². The van der Waals surface area contributed by atoms with Gasteiger partial charge in [-0.1, -0.05) is 23.1 Å². The Morgan fingerprint density at radius 1 is 1.69 bits per heavy atom. The van der Waals surface area contributed by atoms with Crippen molar-refractivity contribution in [3.8, 4) is 0 Å². The molecule has 16 heavy (non-hydrogen) atoms. The highest BCUT2D eigenvalue weighted by molar-refractivity contribution is 8.01. The Labute approximate surface area is 107 Å². The van der Waals surface area contributed by atoms with Crippen molar-refractivity contribution in [2.24, 2.45) is 0 Å². The Hall–Kier alpha value is -0.370. The molecule has 1 amide bonds. The molecule has 5 nitrogen and oxygen atoms in total. The van der Waals surface area contributed by atoms with E-state index in [-0.39, 0.29) is 5.91 Å². The number of carbonyl (C=O) groups is 1. The first-order valence-corrected chi connectivity index (χ1v) is 6.77. The van der Waals surface area contributed by atoms with Crippen molar-refractivity contribution in [3.05, 3.63) is 0 Å². The van der Waals surface area contributed by atoms with Crippen LogP contribution in [-0.2, 0) is 9.53 Å². The molecule has 0 bridgehead atoms. The highest BCUT2D eigenvalue weighted by Crippen LogP contribution is 2.25. The number of nitrogens with one attached hydrogen (secondary N) is 1. The Morgan fingerprint density at radius 3 is 3.06 bits per heavy atom. The van der Waals surface area contributed by atoms with Crippen LogP contribution in [0.1, 0.15) is 6.92 Å². The molecule has 0 saturated heterocycles. The van der Waals surface area contributed by atoms with Crippen LogP contribution in [0.15, 0.2) is 4.34 Å². The summed E-state index contributed by atoms with van der Waals surface area (Å²) in [4.78, 5) is 11.3. The molecule has 0 radical (unpaired) electrons. The summed E-state index contributed by atoms with van der Waals surface area (Å²) in [5, 5.41) is 10.2. The maximum atomic E-state index is 11.3. The molecule has 0 saturated carbocycles. The van der Waals surface area contributed by atoms with Gasteiger partial charge in [0, 0.05) is 12.9 Å². The number of methoxy groups -OCH3 is 1. The SMILES string of the molecule is COCCSc1nnc(NC(=O)C(C)Cl)s1. The van der Waals surface area contributed by atoms with E-state index < -0.39 is 5.38 Å². The minimum atomic E-state index is -0.575. The normalized spacial score (nSPS) is 12.4. The monoisotopic (exact) mass is 281 g/mol. The van der Waals surface area contributed by atoms with Crippen LogP contribution < -0.4 is 5.32 Å². The summed E-state index contributed by atoms with van der Waals surface area (Å²) in [6, 6.07) is 0. The average Bonchev–Trinajstić information content (AvgIpc) is 2.66. The number of nitrogens with zero attached hydrogens (tertiary/aromatic N) is 2. The summed E-state index contributed by atoms with van der Waals surface area (Å²) < 4.78 is 5.72. The number of carbonyl (C=O) groups excluding carboxylic acids is 1. The highest BCUT2D eigenvalue weighted by Gasteiger charge is 2.12. The van der Waals surface area contributed by atoms with E-state index in [9.17, 15) is 4.79 Å². The molecule has 1 aromatic rings. The van der Waals surface area contributed by atoms with Gasteiger partial charge >= 0.3 is 0 Å². The van der Waals surface area contributed by atoms with Crippen molar-refractivity contribution < 1.29 is 9.53 Å². The average molecular weight is 282 g/mol. The van der Waals surface area contributed by atoms with Crippen LogP contribution in [0.25, 0.3) is 0 Å². The quantitative estimate of drug-likeness (QED) is 0.373. The van der Waals surface area contributed by atoms with Gasteiger partial charge in [-0.15, -0.1) is 21.8 Å². The Morgan fingerprint density at radius 2 is 2.44 bits per heavy atom. The van der Waals surface area contributed by atoms with Gasteiger partial charge in [0.15, 0.2) is 4.34 Å². The van der Waals surface area contributed by atoms with E-state index in [0.717, 1.165) is 10.1 Å². The lowest BCUT2D eigenvalue weighted by molar-refractivity contribution is -0.115. The number of hydrogen-bond donors (Lipinski definition) is 1. The zero-order chi connectivity index (χ0) is 12.0. The zero-order valence-corrected chi connectivity index (χ0v) is 11.3. The van der Waals surface area contributed by atoms with Gasteiger partial charge in [0.1, 0.15) is 5.38 Å². The lowest BCUT2D eigenvalue weighted by Crippen LogP contribution is -2.20. The number of alkyl halides is 1. The van der Waals surface area contributed by atoms with Crippen molar-refractivity contribution in [1.29, 1.82) is 0 Å². The molecule has 1 rings (SSSR count). The summed E-state index contributed by atoms with van der Waals surface area (Å²) >= 11 is 8.47. The van der Waals surface area contributed by atoms with Crippen LogP contribution in [0.5, 0.6) is 0 Å². The molecular weight excluding hydrogens is 270 g/mol. The maximum Gasteiger partial charge on any atom is 0.243 e. The maximum absolute atomic E-state index is 11.3. The van der Waals surface area contributed by atoms with Crippen LogP contribution in [0.2, 0.25) is 0 Å². The van der Waals surface area contributed by atoms with E-state index in [1.165, 1.54) is 23.1 Å². The minimum Gasteiger partial charge on any atom is -0.384 e. The van der Waals surface area contributed by atoms with E-state index in [1.807, 2.05) is 0 Å². The van der Waals surface area contributed by atoms with E-state index in [2.05, 4.69) is 15.5 Å². The molecule has 0 fully saturated rings. The predicted molar refractivity (Wildman–Crippen MR) is 66.5 cm³/mol. The van der Waals surface area contributed by atoms with Crippen LogP contribution >= 0.6 is 34.7 Å². The molecule has 0 aromatic carbocycles. The highest BCUT2D eigenvalue weighted by atomic mass is 35.5. The van der Waals surface area contributed by atoms with Gasteiger partial charge in [-0.3, -0.25) is 10.1 Å². The van der Waals surface area contributed by atoms with Crippen molar-refractivity contribution in [3.63, 3.8) is 0 Å². The van der Waals surface area contributed by atoms with Crippen LogP contribution in [0.4, 0.5) is 5.13 Å². The molecule has 0 aliphatic rings. The van der Waals surface area contributed by atoms with E-state index >= 15 is 0 Å². The summed E-state index contributed by atoms with van der Waals surface area (Å²) in [6.07, 6.45) is 0. The van der Waals surface area contributed by atoms with Gasteiger partial charge < -0.3 is 4.74 Å². The molecular formula is C8H12ClN3O2S2. The number of anilines is 1. The fourth-order valence-electron chi connectivity index (χ4n) is 0.736. The van der Waals surface area contributed by atoms with Crippen LogP contribution in [0, 0.1) is 0 Å². The fraction of sp³-hybridized carbons (Fsp3) is 0.625. The van der Waals surface area contributed by atoms with Crippen molar-refractivity contribution in [2.45, 2.75) is 16.6 Å². The number of hydrogen-bond acceptors (Lipinski definition) is 6. The van der Waals surface area contributed by atoms with Gasteiger partial charge in [0.25, 0.3) is 0 Å². The number of thioether (sulfide) groups is 1. The first-order valence-electron chi connectivity index (χ1n) is 4.53. The lowest BCUT2D eigenvalue weighted by atomic mass is 10.4. The second kappa shape index (κ2) is 7.05. The molecule has 0 aliphatic carbocycles. The molecule has 1 aromatic heterocycles. The van der Waals surface area contributed by atoms with Crippen LogP contribution in [-0.4, -0.2) is 41.0 Å². The summed E-state index contributed by atoms with van der Waals surface area (Å²) in [7, 11) is 1.65. The Bertz CT molecular complexity index is 346. The first kappa shape index (κ1) is 13.7. The summed E-state index contributed by atoms with van der Waals surface area (Å²) in [5.41, 5.74) is 0. The second-order valence-electron chi connectivity index (χ2n) is 2.82. The number of rotatable bonds is 6. The number of amides is 1. The van der Waals surface area contributed by atoms with Gasteiger partial charge in [0.2, 0.25) is 11.0 Å². The number of halogens is 1. The van der Waals surface area contributed by atoms with Crippen molar-refractivity contribution in [1.82, 2.24) is 10.2 Å². The van der Waals surface area contributed by atoms with Crippen molar-refractivity contribution in [2.75, 3.05) is 24.8 Å².